The van der Waals surface area contributed by atoms with Crippen molar-refractivity contribution >= 4 is 5.82 Å². The van der Waals surface area contributed by atoms with Gasteiger partial charge in [-0.1, -0.05) is 0 Å². The van der Waals surface area contributed by atoms with Gasteiger partial charge in [0, 0.05) is 12.1 Å². The molecule has 0 aliphatic heterocycles. The quantitative estimate of drug-likeness (QED) is 0.740. The highest BCUT2D eigenvalue weighted by atomic mass is 16.5. The van der Waals surface area contributed by atoms with Gasteiger partial charge >= 0.3 is 0 Å². The first-order valence-corrected chi connectivity index (χ1v) is 4.86. The summed E-state index contributed by atoms with van der Waals surface area (Å²) in [5.41, 5.74) is -0.313. The van der Waals surface area contributed by atoms with E-state index in [2.05, 4.69) is 5.10 Å². The van der Waals surface area contributed by atoms with Crippen LogP contribution in [0, 0.1) is 0 Å². The Balaban J connectivity index is 3.01. The minimum atomic E-state index is -0.313. The van der Waals surface area contributed by atoms with Crippen LogP contribution in [0.4, 0.5) is 5.82 Å². The van der Waals surface area contributed by atoms with Gasteiger partial charge in [0.25, 0.3) is 0 Å². The molecule has 0 saturated carbocycles. The lowest BCUT2D eigenvalue weighted by atomic mass is 10.1. The zero-order valence-corrected chi connectivity index (χ0v) is 9.52. The van der Waals surface area contributed by atoms with E-state index in [9.17, 15) is 5.21 Å². The molecule has 4 nitrogen and oxygen atoms in total. The molecule has 0 atom stereocenters. The van der Waals surface area contributed by atoms with E-state index in [0.717, 1.165) is 5.82 Å². The first kappa shape index (κ1) is 11.0. The lowest BCUT2D eigenvalue weighted by molar-refractivity contribution is 0.172. The van der Waals surface area contributed by atoms with Crippen molar-refractivity contribution in [2.75, 3.05) is 5.06 Å². The lowest BCUT2D eigenvalue weighted by Gasteiger charge is -2.31. The molecule has 0 aliphatic carbocycles. The molecule has 0 unspecified atom stereocenters. The molecule has 1 N–H and O–H groups in total. The topological polar surface area (TPSA) is 41.3 Å². The first-order chi connectivity index (χ1) is 6.34. The maximum Gasteiger partial charge on any atom is 0.151 e. The fourth-order valence-corrected chi connectivity index (χ4v) is 1.22. The van der Waals surface area contributed by atoms with Crippen molar-refractivity contribution in [2.24, 2.45) is 0 Å². The maximum atomic E-state index is 9.95. The van der Waals surface area contributed by atoms with E-state index in [1.807, 2.05) is 40.7 Å². The van der Waals surface area contributed by atoms with Gasteiger partial charge in [-0.15, -0.1) is 0 Å². The standard InChI is InChI=1S/C10H19N3O/c1-8(2)12-9(6-7-11-12)13(14)10(3,4)5/h6-8,14H,1-5H3. The Labute approximate surface area is 85.1 Å². The summed E-state index contributed by atoms with van der Waals surface area (Å²) in [6.45, 7) is 9.92. The SMILES string of the molecule is CC(C)n1nccc1N(O)C(C)(C)C. The summed E-state index contributed by atoms with van der Waals surface area (Å²) >= 11 is 0. The van der Waals surface area contributed by atoms with Crippen LogP contribution < -0.4 is 5.06 Å². The van der Waals surface area contributed by atoms with E-state index in [1.54, 1.807) is 10.9 Å². The van der Waals surface area contributed by atoms with Crippen molar-refractivity contribution in [3.63, 3.8) is 0 Å². The third kappa shape index (κ3) is 2.07. The van der Waals surface area contributed by atoms with Gasteiger partial charge in [-0.2, -0.15) is 5.10 Å². The van der Waals surface area contributed by atoms with E-state index in [1.165, 1.54) is 5.06 Å². The van der Waals surface area contributed by atoms with Crippen molar-refractivity contribution in [1.29, 1.82) is 0 Å². The highest BCUT2D eigenvalue weighted by Crippen LogP contribution is 2.23. The normalized spacial score (nSPS) is 12.2. The Hall–Kier alpha value is -1.03. The fraction of sp³-hybridized carbons (Fsp3) is 0.700. The van der Waals surface area contributed by atoms with Crippen LogP contribution >= 0.6 is 0 Å². The second kappa shape index (κ2) is 3.61. The van der Waals surface area contributed by atoms with E-state index in [4.69, 9.17) is 0 Å². The number of hydroxylamine groups is 1. The molecule has 4 heteroatoms. The summed E-state index contributed by atoms with van der Waals surface area (Å²) in [5.74, 6) is 0.729. The molecular formula is C10H19N3O. The Morgan fingerprint density at radius 2 is 2.00 bits per heavy atom. The molecule has 80 valence electrons. The Kier molecular flexibility index (Phi) is 2.85. The van der Waals surface area contributed by atoms with Gasteiger partial charge in [-0.05, 0) is 34.6 Å². The smallest absolute Gasteiger partial charge is 0.151 e. The Morgan fingerprint density at radius 1 is 1.43 bits per heavy atom. The second-order valence-corrected chi connectivity index (χ2v) is 4.71. The first-order valence-electron chi connectivity index (χ1n) is 4.86. The average Bonchev–Trinajstić information content (AvgIpc) is 2.48. The van der Waals surface area contributed by atoms with Gasteiger partial charge in [-0.3, -0.25) is 5.21 Å². The van der Waals surface area contributed by atoms with Crippen LogP contribution in [0.2, 0.25) is 0 Å². The van der Waals surface area contributed by atoms with Crippen LogP contribution in [0.3, 0.4) is 0 Å². The zero-order chi connectivity index (χ0) is 10.9. The molecule has 1 aromatic heterocycles. The second-order valence-electron chi connectivity index (χ2n) is 4.71. The minimum Gasteiger partial charge on any atom is -0.286 e. The number of hydrogen-bond donors (Lipinski definition) is 1. The van der Waals surface area contributed by atoms with Crippen molar-refractivity contribution in [1.82, 2.24) is 9.78 Å². The van der Waals surface area contributed by atoms with Crippen LogP contribution in [0.5, 0.6) is 0 Å². The van der Waals surface area contributed by atoms with Crippen LogP contribution in [-0.2, 0) is 0 Å². The largest absolute Gasteiger partial charge is 0.286 e. The molecule has 1 aromatic rings. The van der Waals surface area contributed by atoms with E-state index >= 15 is 0 Å². The maximum absolute atomic E-state index is 9.95. The third-order valence-corrected chi connectivity index (χ3v) is 1.99. The Morgan fingerprint density at radius 3 is 2.43 bits per heavy atom. The molecule has 0 aromatic carbocycles. The van der Waals surface area contributed by atoms with E-state index in [0.29, 0.717) is 0 Å². The van der Waals surface area contributed by atoms with Gasteiger partial charge in [0.15, 0.2) is 5.82 Å². The summed E-state index contributed by atoms with van der Waals surface area (Å²) in [4.78, 5) is 0. The summed E-state index contributed by atoms with van der Waals surface area (Å²) in [6.07, 6.45) is 1.70. The molecule has 1 rings (SSSR count). The van der Waals surface area contributed by atoms with Crippen LogP contribution in [0.15, 0.2) is 12.3 Å². The molecule has 0 bridgehead atoms. The monoisotopic (exact) mass is 197 g/mol. The molecule has 0 radical (unpaired) electrons. The summed E-state index contributed by atoms with van der Waals surface area (Å²) < 4.78 is 1.80. The number of aromatic nitrogens is 2. The van der Waals surface area contributed by atoms with Gasteiger partial charge in [-0.25, -0.2) is 9.75 Å². The van der Waals surface area contributed by atoms with Gasteiger partial charge in [0.2, 0.25) is 0 Å². The molecule has 0 fully saturated rings. The predicted octanol–water partition coefficient (Wildman–Crippen LogP) is 2.46. The molecule has 0 spiro atoms. The number of rotatable bonds is 2. The summed E-state index contributed by atoms with van der Waals surface area (Å²) in [5, 5.41) is 15.4. The highest BCUT2D eigenvalue weighted by Gasteiger charge is 2.23. The van der Waals surface area contributed by atoms with Gasteiger partial charge in [0.05, 0.1) is 11.7 Å². The Bertz CT molecular complexity index is 299. The minimum absolute atomic E-state index is 0.247. The molecule has 0 aliphatic rings. The van der Waals surface area contributed by atoms with Crippen LogP contribution in [0.1, 0.15) is 40.7 Å². The number of anilines is 1. The number of hydrogen-bond acceptors (Lipinski definition) is 3. The molecule has 0 amide bonds. The fourth-order valence-electron chi connectivity index (χ4n) is 1.22. The molecule has 1 heterocycles. The van der Waals surface area contributed by atoms with Crippen LogP contribution in [-0.4, -0.2) is 20.5 Å². The molecule has 0 saturated heterocycles. The van der Waals surface area contributed by atoms with Gasteiger partial charge in [0.1, 0.15) is 0 Å². The van der Waals surface area contributed by atoms with Crippen LogP contribution in [0.25, 0.3) is 0 Å². The van der Waals surface area contributed by atoms with Gasteiger partial charge < -0.3 is 0 Å². The van der Waals surface area contributed by atoms with E-state index in [-0.39, 0.29) is 11.6 Å². The highest BCUT2D eigenvalue weighted by molar-refractivity contribution is 5.37. The van der Waals surface area contributed by atoms with Crippen molar-refractivity contribution < 1.29 is 5.21 Å². The van der Waals surface area contributed by atoms with Crippen molar-refractivity contribution in [3.05, 3.63) is 12.3 Å². The summed E-state index contributed by atoms with van der Waals surface area (Å²) in [6, 6.07) is 2.06. The molecule has 14 heavy (non-hydrogen) atoms. The summed E-state index contributed by atoms with van der Waals surface area (Å²) in [7, 11) is 0. The average molecular weight is 197 g/mol. The van der Waals surface area contributed by atoms with Crippen molar-refractivity contribution in [3.8, 4) is 0 Å². The third-order valence-electron chi connectivity index (χ3n) is 1.99. The van der Waals surface area contributed by atoms with Crippen molar-refractivity contribution in [2.45, 2.75) is 46.2 Å². The zero-order valence-electron chi connectivity index (χ0n) is 9.52. The number of nitrogens with zero attached hydrogens (tertiary/aromatic N) is 3. The molecular weight excluding hydrogens is 178 g/mol. The predicted molar refractivity (Wildman–Crippen MR) is 56.6 cm³/mol. The van der Waals surface area contributed by atoms with E-state index < -0.39 is 0 Å². The lowest BCUT2D eigenvalue weighted by Crippen LogP contribution is -2.40.